The summed E-state index contributed by atoms with van der Waals surface area (Å²) in [6, 6.07) is 5.23. The van der Waals surface area contributed by atoms with E-state index in [2.05, 4.69) is 0 Å². The van der Waals surface area contributed by atoms with E-state index >= 15 is 0 Å². The van der Waals surface area contributed by atoms with E-state index in [4.69, 9.17) is 21.1 Å². The molecule has 0 saturated carbocycles. The van der Waals surface area contributed by atoms with Crippen LogP contribution in [0.15, 0.2) is 24.3 Å². The van der Waals surface area contributed by atoms with Crippen LogP contribution in [0.5, 0.6) is 0 Å². The van der Waals surface area contributed by atoms with Crippen LogP contribution in [0.2, 0.25) is 5.02 Å². The molecule has 1 aromatic rings. The van der Waals surface area contributed by atoms with Gasteiger partial charge in [-0.2, -0.15) is 0 Å². The number of rotatable bonds is 6. The smallest absolute Gasteiger partial charge is 0.410 e. The number of β-amino-alcohol motifs (C(OH)–C–C–N with tert-alkyl or cyclic N) is 1. The van der Waals surface area contributed by atoms with Gasteiger partial charge in [-0.3, -0.25) is 9.69 Å². The summed E-state index contributed by atoms with van der Waals surface area (Å²) in [5, 5.41) is 10.3. The van der Waals surface area contributed by atoms with Gasteiger partial charge in [0.2, 0.25) is 0 Å². The summed E-state index contributed by atoms with van der Waals surface area (Å²) in [7, 11) is 0. The van der Waals surface area contributed by atoms with Gasteiger partial charge in [0.25, 0.3) is 0 Å². The summed E-state index contributed by atoms with van der Waals surface area (Å²) in [5.41, 5.74) is 0.363. The maximum absolute atomic E-state index is 12.3. The molecule has 1 aliphatic rings. The van der Waals surface area contributed by atoms with Gasteiger partial charge < -0.3 is 14.6 Å². The van der Waals surface area contributed by atoms with Crippen molar-refractivity contribution in [3.05, 3.63) is 34.9 Å². The first-order valence-corrected chi connectivity index (χ1v) is 8.72. The lowest BCUT2D eigenvalue weighted by atomic mass is 10.1. The maximum atomic E-state index is 12.3. The van der Waals surface area contributed by atoms with Gasteiger partial charge in [0.1, 0.15) is 6.04 Å². The van der Waals surface area contributed by atoms with E-state index < -0.39 is 30.8 Å². The van der Waals surface area contributed by atoms with Crippen LogP contribution in [0.1, 0.15) is 30.6 Å². The van der Waals surface area contributed by atoms with Gasteiger partial charge >= 0.3 is 12.1 Å². The number of ketones is 1. The lowest BCUT2D eigenvalue weighted by molar-refractivity contribution is -0.147. The SMILES string of the molecule is CC(C)COC(=O)N1CC(O)CC1C(=O)OCC(=O)c1ccc(Cl)cc1. The molecule has 0 aromatic heterocycles. The lowest BCUT2D eigenvalue weighted by Crippen LogP contribution is -2.42. The van der Waals surface area contributed by atoms with Crippen LogP contribution in [0.3, 0.4) is 0 Å². The minimum Gasteiger partial charge on any atom is -0.456 e. The largest absolute Gasteiger partial charge is 0.456 e. The molecule has 8 heteroatoms. The zero-order valence-electron chi connectivity index (χ0n) is 14.7. The normalized spacial score (nSPS) is 19.5. The molecular formula is C18H22ClNO6. The Kier molecular flexibility index (Phi) is 6.99. The number of amides is 1. The molecule has 1 aromatic carbocycles. The number of likely N-dealkylation sites (tertiary alicyclic amines) is 1. The van der Waals surface area contributed by atoms with Crippen molar-refractivity contribution in [3.8, 4) is 0 Å². The van der Waals surface area contributed by atoms with Gasteiger partial charge in [-0.15, -0.1) is 0 Å². The quantitative estimate of drug-likeness (QED) is 0.598. The molecule has 2 atom stereocenters. The van der Waals surface area contributed by atoms with E-state index in [-0.39, 0.29) is 31.3 Å². The van der Waals surface area contributed by atoms with Crippen molar-refractivity contribution in [1.82, 2.24) is 4.90 Å². The summed E-state index contributed by atoms with van der Waals surface area (Å²) >= 11 is 5.76. The number of halogens is 1. The molecule has 0 radical (unpaired) electrons. The summed E-state index contributed by atoms with van der Waals surface area (Å²) in [6.07, 6.45) is -1.47. The molecule has 0 spiro atoms. The minimum atomic E-state index is -0.970. The van der Waals surface area contributed by atoms with Crippen LogP contribution in [-0.2, 0) is 14.3 Å². The highest BCUT2D eigenvalue weighted by molar-refractivity contribution is 6.30. The number of aliphatic hydroxyl groups is 1. The van der Waals surface area contributed by atoms with E-state index in [0.717, 1.165) is 4.90 Å². The topological polar surface area (TPSA) is 93.1 Å². The second-order valence-electron chi connectivity index (χ2n) is 6.57. The molecule has 1 saturated heterocycles. The Balaban J connectivity index is 1.92. The van der Waals surface area contributed by atoms with Gasteiger partial charge in [0.05, 0.1) is 19.3 Å². The maximum Gasteiger partial charge on any atom is 0.410 e. The van der Waals surface area contributed by atoms with Crippen molar-refractivity contribution in [2.24, 2.45) is 5.92 Å². The van der Waals surface area contributed by atoms with Crippen molar-refractivity contribution in [3.63, 3.8) is 0 Å². The Bertz CT molecular complexity index is 660. The van der Waals surface area contributed by atoms with E-state index in [0.29, 0.717) is 10.6 Å². The Morgan fingerprint density at radius 1 is 1.23 bits per heavy atom. The molecule has 1 amide bonds. The first-order chi connectivity index (χ1) is 12.3. The fourth-order valence-corrected chi connectivity index (χ4v) is 2.64. The molecular weight excluding hydrogens is 362 g/mol. The third-order valence-corrected chi connectivity index (χ3v) is 4.09. The van der Waals surface area contributed by atoms with Crippen LogP contribution >= 0.6 is 11.6 Å². The molecule has 26 heavy (non-hydrogen) atoms. The Morgan fingerprint density at radius 3 is 2.50 bits per heavy atom. The van der Waals surface area contributed by atoms with Crippen LogP contribution in [0.25, 0.3) is 0 Å². The minimum absolute atomic E-state index is 0.0121. The van der Waals surface area contributed by atoms with E-state index in [1.807, 2.05) is 13.8 Å². The Morgan fingerprint density at radius 2 is 1.88 bits per heavy atom. The van der Waals surface area contributed by atoms with Gasteiger partial charge in [0, 0.05) is 17.0 Å². The number of hydrogen-bond donors (Lipinski definition) is 1. The number of nitrogens with zero attached hydrogens (tertiary/aromatic N) is 1. The van der Waals surface area contributed by atoms with Crippen molar-refractivity contribution in [2.75, 3.05) is 19.8 Å². The van der Waals surface area contributed by atoms with Crippen molar-refractivity contribution in [1.29, 1.82) is 0 Å². The summed E-state index contributed by atoms with van der Waals surface area (Å²) in [4.78, 5) is 37.6. The highest BCUT2D eigenvalue weighted by Gasteiger charge is 2.41. The molecule has 1 N–H and O–H groups in total. The number of carbonyl (C=O) groups is 3. The number of esters is 1. The van der Waals surface area contributed by atoms with Gasteiger partial charge in [-0.25, -0.2) is 9.59 Å². The van der Waals surface area contributed by atoms with E-state index in [1.54, 1.807) is 12.1 Å². The number of hydrogen-bond acceptors (Lipinski definition) is 6. The summed E-state index contributed by atoms with van der Waals surface area (Å²) in [5.74, 6) is -0.985. The average Bonchev–Trinajstić information content (AvgIpc) is 2.99. The molecule has 1 aliphatic heterocycles. The van der Waals surface area contributed by atoms with Crippen molar-refractivity contribution >= 4 is 29.4 Å². The first kappa shape index (κ1) is 20.2. The Labute approximate surface area is 156 Å². The highest BCUT2D eigenvalue weighted by atomic mass is 35.5. The first-order valence-electron chi connectivity index (χ1n) is 8.34. The third kappa shape index (κ3) is 5.44. The molecule has 0 aliphatic carbocycles. The highest BCUT2D eigenvalue weighted by Crippen LogP contribution is 2.21. The second kappa shape index (κ2) is 9.00. The van der Waals surface area contributed by atoms with Gasteiger partial charge in [0.15, 0.2) is 12.4 Å². The fourth-order valence-electron chi connectivity index (χ4n) is 2.51. The third-order valence-electron chi connectivity index (χ3n) is 3.84. The van der Waals surface area contributed by atoms with Crippen LogP contribution in [0, 0.1) is 5.92 Å². The van der Waals surface area contributed by atoms with E-state index in [9.17, 15) is 19.5 Å². The molecule has 0 bridgehead atoms. The van der Waals surface area contributed by atoms with E-state index in [1.165, 1.54) is 12.1 Å². The molecule has 1 heterocycles. The predicted molar refractivity (Wildman–Crippen MR) is 94.0 cm³/mol. The standard InChI is InChI=1S/C18H22ClNO6/c1-11(2)9-26-18(24)20-8-14(21)7-15(20)17(23)25-10-16(22)12-3-5-13(19)6-4-12/h3-6,11,14-15,21H,7-10H2,1-2H3. The summed E-state index contributed by atoms with van der Waals surface area (Å²) in [6.45, 7) is 3.52. The molecule has 2 rings (SSSR count). The number of Topliss-reactive ketones (excluding diaryl/α,β-unsaturated/α-hetero) is 1. The predicted octanol–water partition coefficient (Wildman–Crippen LogP) is 2.29. The van der Waals surface area contributed by atoms with Gasteiger partial charge in [-0.1, -0.05) is 25.4 Å². The Hall–Kier alpha value is -2.12. The molecule has 2 unspecified atom stereocenters. The van der Waals surface area contributed by atoms with Crippen molar-refractivity contribution < 1.29 is 29.0 Å². The number of ether oxygens (including phenoxy) is 2. The van der Waals surface area contributed by atoms with Crippen LogP contribution < -0.4 is 0 Å². The second-order valence-corrected chi connectivity index (χ2v) is 7.00. The van der Waals surface area contributed by atoms with Crippen molar-refractivity contribution in [2.45, 2.75) is 32.4 Å². The molecule has 7 nitrogen and oxygen atoms in total. The fraction of sp³-hybridized carbons (Fsp3) is 0.500. The number of aliphatic hydroxyl groups excluding tert-OH is 1. The lowest BCUT2D eigenvalue weighted by Gasteiger charge is -2.22. The molecule has 1 fully saturated rings. The average molecular weight is 384 g/mol. The van der Waals surface area contributed by atoms with Crippen LogP contribution in [0.4, 0.5) is 4.79 Å². The molecule has 142 valence electrons. The van der Waals surface area contributed by atoms with Crippen LogP contribution in [-0.4, -0.2) is 59.8 Å². The van der Waals surface area contributed by atoms with Gasteiger partial charge in [-0.05, 0) is 30.2 Å². The number of benzene rings is 1. The number of carbonyl (C=O) groups excluding carboxylic acids is 3. The monoisotopic (exact) mass is 383 g/mol. The summed E-state index contributed by atoms with van der Waals surface area (Å²) < 4.78 is 10.2. The zero-order chi connectivity index (χ0) is 19.3. The zero-order valence-corrected chi connectivity index (χ0v) is 15.4.